The van der Waals surface area contributed by atoms with Crippen molar-refractivity contribution in [2.45, 2.75) is 25.4 Å². The second-order valence-electron chi connectivity index (χ2n) is 5.35. The van der Waals surface area contributed by atoms with Gasteiger partial charge in [-0.05, 0) is 18.4 Å². The molecule has 2 fully saturated rings. The lowest BCUT2D eigenvalue weighted by molar-refractivity contribution is -0.140. The number of carboxylic acids is 1. The van der Waals surface area contributed by atoms with Crippen LogP contribution in [-0.2, 0) is 16.1 Å². The largest absolute Gasteiger partial charge is 0.481 e. The van der Waals surface area contributed by atoms with E-state index < -0.39 is 23.6 Å². The average Bonchev–Trinajstić information content (AvgIpc) is 3.13. The summed E-state index contributed by atoms with van der Waals surface area (Å²) in [6, 6.07) is 3.39. The molecule has 1 aliphatic heterocycles. The maximum absolute atomic E-state index is 13.7. The van der Waals surface area contributed by atoms with Crippen LogP contribution in [0, 0.1) is 23.5 Å². The van der Waals surface area contributed by atoms with Gasteiger partial charge < -0.3 is 10.0 Å². The fourth-order valence-electron chi connectivity index (χ4n) is 3.02. The highest BCUT2D eigenvalue weighted by Gasteiger charge is 2.58. The van der Waals surface area contributed by atoms with Gasteiger partial charge in [-0.2, -0.15) is 0 Å². The third kappa shape index (κ3) is 2.05. The first-order valence-electron chi connectivity index (χ1n) is 6.44. The number of rotatable bonds is 4. The molecule has 0 aromatic heterocycles. The van der Waals surface area contributed by atoms with Gasteiger partial charge in [-0.15, -0.1) is 0 Å². The third-order valence-corrected chi connectivity index (χ3v) is 4.09. The van der Waals surface area contributed by atoms with Gasteiger partial charge in [-0.25, -0.2) is 8.78 Å². The average molecular weight is 281 g/mol. The summed E-state index contributed by atoms with van der Waals surface area (Å²) < 4.78 is 26.8. The molecule has 20 heavy (non-hydrogen) atoms. The van der Waals surface area contributed by atoms with Crippen molar-refractivity contribution in [3.8, 4) is 0 Å². The quantitative estimate of drug-likeness (QED) is 0.915. The Labute approximate surface area is 114 Å². The molecule has 0 radical (unpaired) electrons. The minimum Gasteiger partial charge on any atom is -0.481 e. The number of piperidine rings is 1. The van der Waals surface area contributed by atoms with Gasteiger partial charge in [0, 0.05) is 24.1 Å². The van der Waals surface area contributed by atoms with Crippen molar-refractivity contribution in [2.75, 3.05) is 0 Å². The van der Waals surface area contributed by atoms with Crippen molar-refractivity contribution in [3.05, 3.63) is 35.4 Å². The number of fused-ring (bicyclic) bond motifs is 1. The molecule has 4 nitrogen and oxygen atoms in total. The normalized spacial score (nSPS) is 27.6. The molecule has 1 saturated heterocycles. The smallest absolute Gasteiger partial charge is 0.305 e. The number of nitrogens with zero attached hydrogens (tertiary/aromatic N) is 1. The van der Waals surface area contributed by atoms with Crippen molar-refractivity contribution in [2.24, 2.45) is 11.8 Å². The number of hydrogen-bond acceptors (Lipinski definition) is 2. The maximum Gasteiger partial charge on any atom is 0.305 e. The van der Waals surface area contributed by atoms with Gasteiger partial charge in [0.15, 0.2) is 11.6 Å². The number of carboxylic acid groups (broad SMARTS) is 1. The molecule has 106 valence electrons. The zero-order chi connectivity index (χ0) is 14.4. The molecule has 1 aromatic rings. The molecule has 3 atom stereocenters. The summed E-state index contributed by atoms with van der Waals surface area (Å²) >= 11 is 0. The summed E-state index contributed by atoms with van der Waals surface area (Å²) in [6.45, 7) is -0.0760. The predicted octanol–water partition coefficient (Wildman–Crippen LogP) is 1.79. The Morgan fingerprint density at radius 1 is 1.40 bits per heavy atom. The van der Waals surface area contributed by atoms with Crippen LogP contribution < -0.4 is 0 Å². The molecular formula is C14H13F2NO3. The Balaban J connectivity index is 1.83. The Hall–Kier alpha value is -1.98. The summed E-state index contributed by atoms with van der Waals surface area (Å²) in [4.78, 5) is 24.3. The number of aliphatic carboxylic acids is 1. The summed E-state index contributed by atoms with van der Waals surface area (Å²) in [7, 11) is 0. The second kappa shape index (κ2) is 4.54. The number of likely N-dealkylation sites (tertiary alicyclic amines) is 1. The summed E-state index contributed by atoms with van der Waals surface area (Å²) in [5.74, 6) is -3.15. The van der Waals surface area contributed by atoms with Gasteiger partial charge in [-0.3, -0.25) is 9.59 Å². The monoisotopic (exact) mass is 281 g/mol. The molecule has 1 amide bonds. The van der Waals surface area contributed by atoms with Crippen LogP contribution in [0.3, 0.4) is 0 Å². The van der Waals surface area contributed by atoms with E-state index in [9.17, 15) is 18.4 Å². The zero-order valence-corrected chi connectivity index (χ0v) is 10.6. The Morgan fingerprint density at radius 3 is 2.85 bits per heavy atom. The van der Waals surface area contributed by atoms with E-state index in [4.69, 9.17) is 5.11 Å². The molecule has 1 heterocycles. The van der Waals surface area contributed by atoms with Crippen molar-refractivity contribution < 1.29 is 23.5 Å². The number of carbonyl (C=O) groups is 2. The van der Waals surface area contributed by atoms with Crippen LogP contribution in [0.2, 0.25) is 0 Å². The highest BCUT2D eigenvalue weighted by molar-refractivity contribution is 5.86. The minimum absolute atomic E-state index is 0.0511. The van der Waals surface area contributed by atoms with Gasteiger partial charge in [0.1, 0.15) is 0 Å². The van der Waals surface area contributed by atoms with E-state index in [0.717, 1.165) is 6.07 Å². The third-order valence-electron chi connectivity index (χ3n) is 4.09. The van der Waals surface area contributed by atoms with Crippen molar-refractivity contribution in [1.29, 1.82) is 0 Å². The molecule has 1 N–H and O–H groups in total. The van der Waals surface area contributed by atoms with Crippen LogP contribution in [0.1, 0.15) is 18.4 Å². The molecular weight excluding hydrogens is 268 g/mol. The predicted molar refractivity (Wildman–Crippen MR) is 64.5 cm³/mol. The summed E-state index contributed by atoms with van der Waals surface area (Å²) in [6.07, 6.45) is 0.558. The summed E-state index contributed by atoms with van der Waals surface area (Å²) in [5.41, 5.74) is 0.0787. The van der Waals surface area contributed by atoms with Gasteiger partial charge in [-0.1, -0.05) is 12.1 Å². The number of benzene rings is 1. The number of carbonyl (C=O) groups excluding carboxylic acids is 1. The first-order chi connectivity index (χ1) is 9.49. The van der Waals surface area contributed by atoms with Gasteiger partial charge >= 0.3 is 5.97 Å². The lowest BCUT2D eigenvalue weighted by Gasteiger charge is -2.26. The standard InChI is InChI=1S/C14H13F2NO3/c15-10-3-1-2-7(13(10)16)6-17-11(5-12(18)19)8-4-9(8)14(17)20/h1-3,8-9,11H,4-6H2,(H,18,19)/t8-,9+,11+/m1/s1. The lowest BCUT2D eigenvalue weighted by atomic mass is 10.1. The molecule has 0 bridgehead atoms. The highest BCUT2D eigenvalue weighted by Crippen LogP contribution is 2.51. The first kappa shape index (κ1) is 13.0. The van der Waals surface area contributed by atoms with Crippen LogP contribution in [0.4, 0.5) is 8.78 Å². The SMILES string of the molecule is O=C(O)C[C@H]1[C@@H]2C[C@@H]2C(=O)N1Cc1cccc(F)c1F. The lowest BCUT2D eigenvalue weighted by Crippen LogP contribution is -2.37. The van der Waals surface area contributed by atoms with E-state index in [2.05, 4.69) is 0 Å². The first-order valence-corrected chi connectivity index (χ1v) is 6.44. The van der Waals surface area contributed by atoms with Gasteiger partial charge in [0.25, 0.3) is 0 Å². The fraction of sp³-hybridized carbons (Fsp3) is 0.429. The van der Waals surface area contributed by atoms with Crippen molar-refractivity contribution in [3.63, 3.8) is 0 Å². The van der Waals surface area contributed by atoms with Crippen molar-refractivity contribution in [1.82, 2.24) is 4.90 Å². The van der Waals surface area contributed by atoms with Crippen LogP contribution >= 0.6 is 0 Å². The summed E-state index contributed by atoms with van der Waals surface area (Å²) in [5, 5.41) is 8.91. The van der Waals surface area contributed by atoms with E-state index in [1.165, 1.54) is 17.0 Å². The number of hydrogen-bond donors (Lipinski definition) is 1. The molecule has 1 aromatic carbocycles. The molecule has 3 rings (SSSR count). The van der Waals surface area contributed by atoms with E-state index in [-0.39, 0.29) is 36.3 Å². The van der Waals surface area contributed by atoms with Crippen LogP contribution in [0.25, 0.3) is 0 Å². The Kier molecular flexibility index (Phi) is 2.96. The number of halogens is 2. The topological polar surface area (TPSA) is 57.6 Å². The minimum atomic E-state index is -0.986. The Morgan fingerprint density at radius 2 is 2.15 bits per heavy atom. The van der Waals surface area contributed by atoms with Crippen LogP contribution in [0.15, 0.2) is 18.2 Å². The fourth-order valence-corrected chi connectivity index (χ4v) is 3.02. The zero-order valence-electron chi connectivity index (χ0n) is 10.6. The molecule has 1 aliphatic carbocycles. The van der Waals surface area contributed by atoms with E-state index in [1.807, 2.05) is 0 Å². The highest BCUT2D eigenvalue weighted by atomic mass is 19.2. The van der Waals surface area contributed by atoms with E-state index in [0.29, 0.717) is 6.42 Å². The Bertz CT molecular complexity index is 590. The molecule has 6 heteroatoms. The molecule has 2 aliphatic rings. The van der Waals surface area contributed by atoms with E-state index in [1.54, 1.807) is 0 Å². The van der Waals surface area contributed by atoms with Crippen molar-refractivity contribution >= 4 is 11.9 Å². The molecule has 0 unspecified atom stereocenters. The maximum atomic E-state index is 13.7. The molecule has 0 spiro atoms. The molecule has 1 saturated carbocycles. The van der Waals surface area contributed by atoms with Crippen LogP contribution in [0.5, 0.6) is 0 Å². The van der Waals surface area contributed by atoms with E-state index >= 15 is 0 Å². The second-order valence-corrected chi connectivity index (χ2v) is 5.35. The van der Waals surface area contributed by atoms with Gasteiger partial charge in [0.05, 0.1) is 6.42 Å². The van der Waals surface area contributed by atoms with Gasteiger partial charge in [0.2, 0.25) is 5.91 Å². The van der Waals surface area contributed by atoms with Crippen LogP contribution in [-0.4, -0.2) is 27.9 Å². The number of amides is 1.